The number of carbonyl (C=O) groups is 2. The SMILES string of the molecule is CCCN1C(=O)/C(=C/c2cc(C)n(-c3sc4c(c3C(=O)O)CCCC4)c2C)SC1=Nc1ccccc1. The van der Waals surface area contributed by atoms with Crippen molar-refractivity contribution in [3.05, 3.63) is 74.3 Å². The molecule has 0 atom stereocenters. The first-order chi connectivity index (χ1) is 17.4. The summed E-state index contributed by atoms with van der Waals surface area (Å²) in [5, 5.41) is 11.5. The lowest BCUT2D eigenvalue weighted by Crippen LogP contribution is -2.29. The molecule has 1 aliphatic heterocycles. The average molecular weight is 520 g/mol. The number of hydrogen-bond donors (Lipinski definition) is 1. The molecular weight excluding hydrogens is 490 g/mol. The molecule has 186 valence electrons. The van der Waals surface area contributed by atoms with Crippen LogP contribution in [-0.2, 0) is 17.6 Å². The summed E-state index contributed by atoms with van der Waals surface area (Å²) in [6.45, 7) is 6.65. The van der Waals surface area contributed by atoms with Gasteiger partial charge in [0.1, 0.15) is 5.00 Å². The molecule has 0 spiro atoms. The van der Waals surface area contributed by atoms with Crippen LogP contribution in [0.25, 0.3) is 11.1 Å². The summed E-state index contributed by atoms with van der Waals surface area (Å²) in [4.78, 5) is 33.9. The van der Waals surface area contributed by atoms with E-state index in [0.29, 0.717) is 22.2 Å². The zero-order chi connectivity index (χ0) is 25.4. The predicted octanol–water partition coefficient (Wildman–Crippen LogP) is 6.75. The Morgan fingerprint density at radius 3 is 2.64 bits per heavy atom. The van der Waals surface area contributed by atoms with Crippen molar-refractivity contribution in [2.45, 2.75) is 52.9 Å². The van der Waals surface area contributed by atoms with Crippen molar-refractivity contribution in [3.8, 4) is 5.00 Å². The van der Waals surface area contributed by atoms with Gasteiger partial charge >= 0.3 is 5.97 Å². The third-order valence-electron chi connectivity index (χ3n) is 6.64. The highest BCUT2D eigenvalue weighted by Crippen LogP contribution is 2.40. The van der Waals surface area contributed by atoms with Gasteiger partial charge in [-0.15, -0.1) is 11.3 Å². The number of thioether (sulfide) groups is 1. The van der Waals surface area contributed by atoms with Crippen LogP contribution >= 0.6 is 23.1 Å². The number of amides is 1. The molecular formula is C28H29N3O3S2. The zero-order valence-corrected chi connectivity index (χ0v) is 22.3. The maximum atomic E-state index is 13.3. The Hall–Kier alpha value is -3.10. The van der Waals surface area contributed by atoms with Crippen molar-refractivity contribution in [2.24, 2.45) is 4.99 Å². The highest BCUT2D eigenvalue weighted by molar-refractivity contribution is 8.18. The number of carboxylic acids is 1. The van der Waals surface area contributed by atoms with Crippen LogP contribution in [0.4, 0.5) is 5.69 Å². The van der Waals surface area contributed by atoms with Gasteiger partial charge in [0, 0.05) is 22.8 Å². The normalized spacial score (nSPS) is 17.9. The van der Waals surface area contributed by atoms with Gasteiger partial charge in [0.15, 0.2) is 5.17 Å². The molecule has 1 aliphatic carbocycles. The molecule has 1 N–H and O–H groups in total. The number of aromatic nitrogens is 1. The fourth-order valence-electron chi connectivity index (χ4n) is 4.94. The van der Waals surface area contributed by atoms with Gasteiger partial charge in [0.25, 0.3) is 5.91 Å². The number of thiophene rings is 1. The lowest BCUT2D eigenvalue weighted by Gasteiger charge is -2.13. The van der Waals surface area contributed by atoms with Gasteiger partial charge in [-0.3, -0.25) is 9.69 Å². The van der Waals surface area contributed by atoms with Gasteiger partial charge in [-0.25, -0.2) is 9.79 Å². The molecule has 0 saturated carbocycles. The third-order valence-corrected chi connectivity index (χ3v) is 8.93. The van der Waals surface area contributed by atoms with Gasteiger partial charge in [0.2, 0.25) is 0 Å². The minimum absolute atomic E-state index is 0.0425. The second-order valence-corrected chi connectivity index (χ2v) is 11.2. The summed E-state index contributed by atoms with van der Waals surface area (Å²) < 4.78 is 2.05. The number of carboxylic acid groups (broad SMARTS) is 1. The number of aromatic carboxylic acids is 1. The highest BCUT2D eigenvalue weighted by atomic mass is 32.2. The monoisotopic (exact) mass is 519 g/mol. The average Bonchev–Trinajstić information content (AvgIpc) is 3.47. The number of rotatable bonds is 6. The van der Waals surface area contributed by atoms with E-state index < -0.39 is 5.97 Å². The molecule has 2 aliphatic rings. The third kappa shape index (κ3) is 4.44. The molecule has 3 heterocycles. The molecule has 6 nitrogen and oxygen atoms in total. The molecule has 1 saturated heterocycles. The number of amidine groups is 1. The molecule has 0 bridgehead atoms. The summed E-state index contributed by atoms with van der Waals surface area (Å²) in [5.74, 6) is -0.908. The first-order valence-electron chi connectivity index (χ1n) is 12.3. The van der Waals surface area contributed by atoms with Crippen LogP contribution in [0.5, 0.6) is 0 Å². The molecule has 0 radical (unpaired) electrons. The first-order valence-corrected chi connectivity index (χ1v) is 13.9. The van der Waals surface area contributed by atoms with Gasteiger partial charge < -0.3 is 9.67 Å². The van der Waals surface area contributed by atoms with Crippen LogP contribution in [0, 0.1) is 13.8 Å². The number of aliphatic imine (C=N–C) groups is 1. The van der Waals surface area contributed by atoms with Gasteiger partial charge in [-0.05, 0) is 93.1 Å². The van der Waals surface area contributed by atoms with Crippen LogP contribution in [0.3, 0.4) is 0 Å². The van der Waals surface area contributed by atoms with Crippen LogP contribution in [-0.4, -0.2) is 38.2 Å². The van der Waals surface area contributed by atoms with E-state index in [-0.39, 0.29) is 5.91 Å². The summed E-state index contributed by atoms with van der Waals surface area (Å²) in [6, 6.07) is 11.7. The molecule has 1 aromatic carbocycles. The predicted molar refractivity (Wildman–Crippen MR) is 148 cm³/mol. The Bertz CT molecular complexity index is 1400. The van der Waals surface area contributed by atoms with Gasteiger partial charge in [0.05, 0.1) is 16.2 Å². The summed E-state index contributed by atoms with van der Waals surface area (Å²) in [5.41, 5.74) is 5.07. The number of nitrogens with zero attached hydrogens (tertiary/aromatic N) is 3. The lowest BCUT2D eigenvalue weighted by molar-refractivity contribution is -0.122. The number of benzene rings is 1. The molecule has 1 fully saturated rings. The number of carbonyl (C=O) groups excluding carboxylic acids is 1. The summed E-state index contributed by atoms with van der Waals surface area (Å²) in [7, 11) is 0. The van der Waals surface area contributed by atoms with E-state index >= 15 is 0 Å². The molecule has 3 aromatic rings. The Morgan fingerprint density at radius 2 is 1.92 bits per heavy atom. The summed E-state index contributed by atoms with van der Waals surface area (Å²) in [6.07, 6.45) is 6.67. The Balaban J connectivity index is 1.55. The van der Waals surface area contributed by atoms with Crippen LogP contribution in [0.1, 0.15) is 63.9 Å². The van der Waals surface area contributed by atoms with Crippen molar-refractivity contribution in [2.75, 3.05) is 6.54 Å². The van der Waals surface area contributed by atoms with Crippen LogP contribution in [0.15, 0.2) is 46.3 Å². The largest absolute Gasteiger partial charge is 0.478 e. The molecule has 5 rings (SSSR count). The number of fused-ring (bicyclic) bond motifs is 1. The van der Waals surface area contributed by atoms with Crippen molar-refractivity contribution in [1.82, 2.24) is 9.47 Å². The smallest absolute Gasteiger partial charge is 0.339 e. The standard InChI is InChI=1S/C28H29N3O3S2/c1-4-14-30-25(32)23(36-28(30)29-20-10-6-5-7-11-20)16-19-15-17(2)31(18(19)3)26-24(27(33)34)21-12-8-9-13-22(21)35-26/h5-7,10-11,15-16H,4,8-9,12-14H2,1-3H3,(H,33,34)/b23-16-,29-28?. The lowest BCUT2D eigenvalue weighted by atomic mass is 9.95. The van der Waals surface area contributed by atoms with E-state index in [2.05, 4.69) is 0 Å². The Labute approximate surface area is 219 Å². The zero-order valence-electron chi connectivity index (χ0n) is 20.7. The van der Waals surface area contributed by atoms with E-state index in [9.17, 15) is 14.7 Å². The van der Waals surface area contributed by atoms with E-state index in [4.69, 9.17) is 4.99 Å². The number of para-hydroxylation sites is 1. The fraction of sp³-hybridized carbons (Fsp3) is 0.321. The van der Waals surface area contributed by atoms with E-state index in [1.165, 1.54) is 16.6 Å². The minimum Gasteiger partial charge on any atom is -0.478 e. The molecule has 0 unspecified atom stereocenters. The maximum absolute atomic E-state index is 13.3. The molecule has 2 aromatic heterocycles. The quantitative estimate of drug-likeness (QED) is 0.366. The van der Waals surface area contributed by atoms with Gasteiger partial charge in [-0.2, -0.15) is 0 Å². The Morgan fingerprint density at radius 1 is 1.17 bits per heavy atom. The topological polar surface area (TPSA) is 74.9 Å². The van der Waals surface area contributed by atoms with Crippen LogP contribution < -0.4 is 0 Å². The maximum Gasteiger partial charge on any atom is 0.339 e. The minimum atomic E-state index is -0.865. The van der Waals surface area contributed by atoms with Crippen molar-refractivity contribution < 1.29 is 14.7 Å². The number of aryl methyl sites for hydroxylation is 2. The van der Waals surface area contributed by atoms with E-state index in [1.807, 2.05) is 67.8 Å². The Kier molecular flexibility index (Phi) is 6.90. The van der Waals surface area contributed by atoms with Gasteiger partial charge in [-0.1, -0.05) is 25.1 Å². The van der Waals surface area contributed by atoms with E-state index in [1.54, 1.807) is 16.2 Å². The molecule has 1 amide bonds. The second kappa shape index (κ2) is 10.1. The van der Waals surface area contributed by atoms with E-state index in [0.717, 1.165) is 65.3 Å². The molecule has 8 heteroatoms. The first kappa shape index (κ1) is 24.6. The van der Waals surface area contributed by atoms with Crippen molar-refractivity contribution in [1.29, 1.82) is 0 Å². The van der Waals surface area contributed by atoms with Crippen molar-refractivity contribution in [3.63, 3.8) is 0 Å². The highest BCUT2D eigenvalue weighted by Gasteiger charge is 2.33. The number of hydrogen-bond acceptors (Lipinski definition) is 5. The fourth-order valence-corrected chi connectivity index (χ4v) is 7.45. The summed E-state index contributed by atoms with van der Waals surface area (Å²) >= 11 is 2.99. The van der Waals surface area contributed by atoms with Crippen LogP contribution in [0.2, 0.25) is 0 Å². The van der Waals surface area contributed by atoms with Crippen molar-refractivity contribution >= 4 is 51.9 Å². The second-order valence-electron chi connectivity index (χ2n) is 9.16. The molecule has 36 heavy (non-hydrogen) atoms.